The smallest absolute Gasteiger partial charge is 0.228 e. The Morgan fingerprint density at radius 3 is 2.60 bits per heavy atom. The van der Waals surface area contributed by atoms with Gasteiger partial charge in [0, 0.05) is 26.2 Å². The van der Waals surface area contributed by atoms with Crippen molar-refractivity contribution >= 4 is 5.91 Å². The minimum Gasteiger partial charge on any atom is -0.484 e. The number of ether oxygens (including phenoxy) is 1. The molecule has 0 bridgehead atoms. The fraction of sp³-hybridized carbons (Fsp3) is 0.368. The lowest BCUT2D eigenvalue weighted by Crippen LogP contribution is -2.45. The van der Waals surface area contributed by atoms with Gasteiger partial charge in [-0.25, -0.2) is 0 Å². The largest absolute Gasteiger partial charge is 0.484 e. The molecule has 0 saturated heterocycles. The van der Waals surface area contributed by atoms with Crippen LogP contribution in [0.2, 0.25) is 0 Å². The molecular weight excluding hydrogens is 320 g/mol. The molecule has 0 radical (unpaired) electrons. The zero-order chi connectivity index (χ0) is 17.8. The third-order valence-corrected chi connectivity index (χ3v) is 5.25. The topological polar surface area (TPSA) is 82.9 Å². The average Bonchev–Trinajstić information content (AvgIpc) is 3.03. The number of fused-ring (bicyclic) bond motifs is 3. The Labute approximate surface area is 145 Å². The number of rotatable bonds is 2. The summed E-state index contributed by atoms with van der Waals surface area (Å²) in [5, 5.41) is 22.4. The summed E-state index contributed by atoms with van der Waals surface area (Å²) in [5.41, 5.74) is -0.578. The van der Waals surface area contributed by atoms with E-state index in [0.717, 1.165) is 5.56 Å². The number of hydrogen-bond donors (Lipinski definition) is 2. The minimum atomic E-state index is -1.71. The Morgan fingerprint density at radius 2 is 1.92 bits per heavy atom. The van der Waals surface area contributed by atoms with Crippen LogP contribution in [0.4, 0.5) is 0 Å². The Bertz CT molecular complexity index is 810. The molecule has 2 aromatic rings. The van der Waals surface area contributed by atoms with Gasteiger partial charge in [0.2, 0.25) is 5.91 Å². The van der Waals surface area contributed by atoms with E-state index in [1.807, 2.05) is 30.3 Å². The van der Waals surface area contributed by atoms with Gasteiger partial charge in [-0.3, -0.25) is 9.78 Å². The van der Waals surface area contributed by atoms with Crippen LogP contribution in [0, 0.1) is 5.92 Å². The second-order valence-electron chi connectivity index (χ2n) is 6.85. The molecule has 2 N–H and O–H groups in total. The highest BCUT2D eigenvalue weighted by molar-refractivity contribution is 5.81. The zero-order valence-electron chi connectivity index (χ0n) is 14.0. The molecule has 1 aliphatic carbocycles. The third-order valence-electron chi connectivity index (χ3n) is 5.25. The highest BCUT2D eigenvalue weighted by Gasteiger charge is 2.68. The first-order chi connectivity index (χ1) is 12.0. The van der Waals surface area contributed by atoms with Crippen molar-refractivity contribution in [2.24, 2.45) is 5.92 Å². The molecule has 1 aromatic heterocycles. The summed E-state index contributed by atoms with van der Waals surface area (Å²) < 4.78 is 5.99. The van der Waals surface area contributed by atoms with Crippen LogP contribution in [0.25, 0.3) is 0 Å². The number of benzene rings is 1. The van der Waals surface area contributed by atoms with Gasteiger partial charge in [-0.1, -0.05) is 30.3 Å². The first-order valence-corrected chi connectivity index (χ1v) is 8.25. The van der Waals surface area contributed by atoms with E-state index in [2.05, 4.69) is 4.98 Å². The van der Waals surface area contributed by atoms with Gasteiger partial charge in [0.1, 0.15) is 23.7 Å². The lowest BCUT2D eigenvalue weighted by molar-refractivity contribution is -0.142. The molecule has 5 atom stereocenters. The molecule has 5 unspecified atom stereocenters. The molecule has 2 heterocycles. The molecule has 0 spiro atoms. The molecule has 25 heavy (non-hydrogen) atoms. The van der Waals surface area contributed by atoms with E-state index in [1.54, 1.807) is 32.4 Å². The molecule has 1 aliphatic heterocycles. The van der Waals surface area contributed by atoms with Crippen LogP contribution >= 0.6 is 0 Å². The number of carbonyl (C=O) groups is 1. The number of hydrogen-bond acceptors (Lipinski definition) is 5. The van der Waals surface area contributed by atoms with Crippen molar-refractivity contribution in [3.63, 3.8) is 0 Å². The van der Waals surface area contributed by atoms with E-state index in [9.17, 15) is 15.0 Å². The Morgan fingerprint density at radius 1 is 1.20 bits per heavy atom. The van der Waals surface area contributed by atoms with Crippen LogP contribution in [0.5, 0.6) is 5.75 Å². The maximum Gasteiger partial charge on any atom is 0.228 e. The maximum absolute atomic E-state index is 12.8. The summed E-state index contributed by atoms with van der Waals surface area (Å²) in [7, 11) is 3.28. The van der Waals surface area contributed by atoms with Crippen molar-refractivity contribution in [2.75, 3.05) is 14.1 Å². The summed E-state index contributed by atoms with van der Waals surface area (Å²) in [6.07, 6.45) is -0.536. The van der Waals surface area contributed by atoms with Crippen molar-refractivity contribution in [2.45, 2.75) is 23.7 Å². The molecule has 4 rings (SSSR count). The van der Waals surface area contributed by atoms with Crippen molar-refractivity contribution in [3.8, 4) is 5.75 Å². The van der Waals surface area contributed by atoms with E-state index >= 15 is 0 Å². The van der Waals surface area contributed by atoms with Gasteiger partial charge in [0.15, 0.2) is 5.60 Å². The average molecular weight is 340 g/mol. The highest BCUT2D eigenvalue weighted by atomic mass is 16.5. The summed E-state index contributed by atoms with van der Waals surface area (Å²) in [5.74, 6) is -1.09. The van der Waals surface area contributed by atoms with Gasteiger partial charge in [-0.2, -0.15) is 0 Å². The zero-order valence-corrected chi connectivity index (χ0v) is 14.0. The fourth-order valence-corrected chi connectivity index (χ4v) is 4.11. The van der Waals surface area contributed by atoms with Crippen LogP contribution < -0.4 is 4.74 Å². The second-order valence-corrected chi connectivity index (χ2v) is 6.85. The second kappa shape index (κ2) is 5.54. The fourth-order valence-electron chi connectivity index (χ4n) is 4.11. The van der Waals surface area contributed by atoms with Gasteiger partial charge in [0.25, 0.3) is 0 Å². The van der Waals surface area contributed by atoms with Gasteiger partial charge < -0.3 is 19.8 Å². The quantitative estimate of drug-likeness (QED) is 0.848. The van der Waals surface area contributed by atoms with Crippen molar-refractivity contribution in [1.29, 1.82) is 0 Å². The number of carbonyl (C=O) groups excluding carboxylic acids is 1. The van der Waals surface area contributed by atoms with Crippen LogP contribution in [0.3, 0.4) is 0 Å². The number of nitrogens with zero attached hydrogens (tertiary/aromatic N) is 2. The van der Waals surface area contributed by atoms with E-state index in [0.29, 0.717) is 11.4 Å². The number of aromatic nitrogens is 1. The number of pyridine rings is 1. The molecule has 6 nitrogen and oxygen atoms in total. The van der Waals surface area contributed by atoms with Crippen LogP contribution in [0.1, 0.15) is 17.2 Å². The Kier molecular flexibility index (Phi) is 3.56. The van der Waals surface area contributed by atoms with Crippen molar-refractivity contribution in [1.82, 2.24) is 9.88 Å². The van der Waals surface area contributed by atoms with Gasteiger partial charge in [-0.05, 0) is 17.7 Å². The van der Waals surface area contributed by atoms with E-state index in [4.69, 9.17) is 4.74 Å². The predicted molar refractivity (Wildman–Crippen MR) is 89.9 cm³/mol. The molecule has 130 valence electrons. The molecule has 1 fully saturated rings. The summed E-state index contributed by atoms with van der Waals surface area (Å²) in [4.78, 5) is 18.5. The SMILES string of the molecule is CN(C)C(=O)C1C(c2ccccc2)C2Oc3cccnc3C2(O)C1O. The van der Waals surface area contributed by atoms with E-state index < -0.39 is 29.6 Å². The first kappa shape index (κ1) is 16.1. The number of aliphatic hydroxyl groups is 2. The Hall–Kier alpha value is -2.44. The first-order valence-electron chi connectivity index (χ1n) is 8.25. The summed E-state index contributed by atoms with van der Waals surface area (Å²) in [6, 6.07) is 12.8. The molecule has 1 amide bonds. The molecule has 6 heteroatoms. The van der Waals surface area contributed by atoms with Crippen molar-refractivity contribution in [3.05, 3.63) is 59.9 Å². The maximum atomic E-state index is 12.8. The van der Waals surface area contributed by atoms with Gasteiger partial charge in [-0.15, -0.1) is 0 Å². The monoisotopic (exact) mass is 340 g/mol. The summed E-state index contributed by atoms with van der Waals surface area (Å²) in [6.45, 7) is 0. The Balaban J connectivity index is 1.88. The number of amides is 1. The number of aliphatic hydroxyl groups excluding tert-OH is 1. The molecular formula is C19H20N2O4. The third kappa shape index (κ3) is 2.11. The molecule has 1 aromatic carbocycles. The predicted octanol–water partition coefficient (Wildman–Crippen LogP) is 0.893. The lowest BCUT2D eigenvalue weighted by Gasteiger charge is -2.27. The molecule has 1 saturated carbocycles. The van der Waals surface area contributed by atoms with E-state index in [-0.39, 0.29) is 5.91 Å². The van der Waals surface area contributed by atoms with Crippen LogP contribution in [-0.2, 0) is 10.4 Å². The van der Waals surface area contributed by atoms with Crippen molar-refractivity contribution < 1.29 is 19.7 Å². The van der Waals surface area contributed by atoms with E-state index in [1.165, 1.54) is 4.90 Å². The lowest BCUT2D eigenvalue weighted by atomic mass is 9.86. The van der Waals surface area contributed by atoms with Gasteiger partial charge in [0.05, 0.1) is 5.92 Å². The minimum absolute atomic E-state index is 0.245. The van der Waals surface area contributed by atoms with Gasteiger partial charge >= 0.3 is 0 Å². The molecule has 2 aliphatic rings. The highest BCUT2D eigenvalue weighted by Crippen LogP contribution is 2.57. The van der Waals surface area contributed by atoms with Crippen LogP contribution in [-0.4, -0.2) is 52.3 Å². The summed E-state index contributed by atoms with van der Waals surface area (Å²) >= 11 is 0. The normalized spacial score (nSPS) is 32.6. The standard InChI is InChI=1S/C19H20N2O4/c1-21(2)18(23)14-13(11-7-4-3-5-8-11)17-19(24,16(14)22)15-12(25-17)9-6-10-20-15/h3-10,13-14,16-17,22,24H,1-2H3. The van der Waals surface area contributed by atoms with Crippen LogP contribution in [0.15, 0.2) is 48.7 Å².